The molecule has 1 atom stereocenters. The first-order chi connectivity index (χ1) is 13.0. The molecule has 10 nitrogen and oxygen atoms in total. The maximum absolute atomic E-state index is 12.9. The van der Waals surface area contributed by atoms with Crippen molar-refractivity contribution < 1.29 is 38.3 Å². The Bertz CT molecular complexity index is 780. The van der Waals surface area contributed by atoms with Crippen molar-refractivity contribution in [3.05, 3.63) is 27.8 Å². The molecule has 0 saturated carbocycles. The van der Waals surface area contributed by atoms with Crippen molar-refractivity contribution in [2.45, 2.75) is 33.3 Å². The van der Waals surface area contributed by atoms with Gasteiger partial charge in [-0.1, -0.05) is 0 Å². The topological polar surface area (TPSA) is 131 Å². The number of Topliss-reactive ketones (excluding diaryl/α,β-unsaturated/α-hetero) is 1. The molecule has 0 fully saturated rings. The molecule has 0 saturated heterocycles. The maximum Gasteiger partial charge on any atom is 0.328 e. The quantitative estimate of drug-likeness (QED) is 0.213. The van der Waals surface area contributed by atoms with Gasteiger partial charge in [0.25, 0.3) is 0 Å². The zero-order valence-corrected chi connectivity index (χ0v) is 16.6. The Kier molecular flexibility index (Phi) is 7.48. The second-order valence-electron chi connectivity index (χ2n) is 6.57. The van der Waals surface area contributed by atoms with Crippen LogP contribution in [-0.2, 0) is 19.1 Å². The van der Waals surface area contributed by atoms with Crippen molar-refractivity contribution >= 4 is 23.4 Å². The molecule has 1 unspecified atom stereocenters. The first-order valence-corrected chi connectivity index (χ1v) is 8.30. The summed E-state index contributed by atoms with van der Waals surface area (Å²) in [7, 11) is 2.43. The van der Waals surface area contributed by atoms with Crippen molar-refractivity contribution in [3.8, 4) is 11.5 Å². The van der Waals surface area contributed by atoms with Gasteiger partial charge < -0.3 is 18.9 Å². The highest BCUT2D eigenvalue weighted by molar-refractivity contribution is 6.21. The average Bonchev–Trinajstić information content (AvgIpc) is 2.58. The Morgan fingerprint density at radius 2 is 1.71 bits per heavy atom. The number of carbonyl (C=O) groups is 3. The largest absolute Gasteiger partial charge is 0.493 e. The van der Waals surface area contributed by atoms with Crippen molar-refractivity contribution in [1.82, 2.24) is 0 Å². The summed E-state index contributed by atoms with van der Waals surface area (Å²) < 4.78 is 19.9. The van der Waals surface area contributed by atoms with E-state index in [0.717, 1.165) is 12.1 Å². The Morgan fingerprint density at radius 3 is 2.14 bits per heavy atom. The summed E-state index contributed by atoms with van der Waals surface area (Å²) in [5.74, 6) is -5.48. The molecule has 0 bridgehead atoms. The molecule has 0 heterocycles. The van der Waals surface area contributed by atoms with Crippen LogP contribution in [0.1, 0.15) is 38.1 Å². The van der Waals surface area contributed by atoms with Gasteiger partial charge in [0.15, 0.2) is 11.5 Å². The van der Waals surface area contributed by atoms with Gasteiger partial charge in [0.05, 0.1) is 25.7 Å². The lowest BCUT2D eigenvalue weighted by Crippen LogP contribution is -2.38. The lowest BCUT2D eigenvalue weighted by Gasteiger charge is -2.22. The van der Waals surface area contributed by atoms with Crippen LogP contribution >= 0.6 is 0 Å². The van der Waals surface area contributed by atoms with Crippen LogP contribution in [0.15, 0.2) is 12.1 Å². The molecular formula is C18H23NO9. The number of ether oxygens (including phenoxy) is 4. The van der Waals surface area contributed by atoms with Gasteiger partial charge in [-0.2, -0.15) is 0 Å². The second-order valence-corrected chi connectivity index (χ2v) is 6.57. The molecule has 1 aromatic rings. The third-order valence-electron chi connectivity index (χ3n) is 3.37. The predicted molar refractivity (Wildman–Crippen MR) is 96.5 cm³/mol. The molecule has 1 aromatic carbocycles. The van der Waals surface area contributed by atoms with E-state index in [1.807, 2.05) is 0 Å². The van der Waals surface area contributed by atoms with E-state index < -0.39 is 39.9 Å². The Hall–Kier alpha value is -3.17. The molecule has 0 spiro atoms. The van der Waals surface area contributed by atoms with Gasteiger partial charge in [-0.3, -0.25) is 24.5 Å². The molecule has 10 heteroatoms. The third kappa shape index (κ3) is 5.41. The Labute approximate surface area is 161 Å². The van der Waals surface area contributed by atoms with Gasteiger partial charge in [-0.25, -0.2) is 0 Å². The number of rotatable bonds is 8. The number of hydrogen-bond donors (Lipinski definition) is 0. The summed E-state index contributed by atoms with van der Waals surface area (Å²) in [5.41, 5.74) is -1.82. The zero-order valence-electron chi connectivity index (χ0n) is 16.6. The van der Waals surface area contributed by atoms with Crippen LogP contribution in [0.2, 0.25) is 0 Å². The lowest BCUT2D eigenvalue weighted by atomic mass is 9.96. The minimum absolute atomic E-state index is 0.0719. The molecule has 154 valence electrons. The summed E-state index contributed by atoms with van der Waals surface area (Å²) >= 11 is 0. The van der Waals surface area contributed by atoms with E-state index in [9.17, 15) is 24.5 Å². The van der Waals surface area contributed by atoms with E-state index in [0.29, 0.717) is 0 Å². The maximum atomic E-state index is 12.9. The zero-order chi connectivity index (χ0) is 21.6. The highest BCUT2D eigenvalue weighted by atomic mass is 16.6. The second kappa shape index (κ2) is 9.16. The van der Waals surface area contributed by atoms with Crippen LogP contribution < -0.4 is 9.47 Å². The molecule has 28 heavy (non-hydrogen) atoms. The smallest absolute Gasteiger partial charge is 0.328 e. The fraction of sp³-hybridized carbons (Fsp3) is 0.500. The molecule has 0 N–H and O–H groups in total. The van der Waals surface area contributed by atoms with Gasteiger partial charge in [-0.15, -0.1) is 0 Å². The Morgan fingerprint density at radius 1 is 1.11 bits per heavy atom. The summed E-state index contributed by atoms with van der Waals surface area (Å²) in [5, 5.41) is 11.3. The van der Waals surface area contributed by atoms with Crippen molar-refractivity contribution in [2.24, 2.45) is 5.92 Å². The summed E-state index contributed by atoms with van der Waals surface area (Å²) in [6, 6.07) is 2.05. The SMILES string of the molecule is CCOC(=O)C(C(=O)OC(C)(C)C)C(=O)c1cc(OC)c(OC)c([N+](=O)[O-])c1. The third-order valence-corrected chi connectivity index (χ3v) is 3.37. The molecule has 0 aliphatic heterocycles. The van der Waals surface area contributed by atoms with E-state index in [1.165, 1.54) is 21.1 Å². The molecule has 1 rings (SSSR count). The van der Waals surface area contributed by atoms with Crippen LogP contribution in [0.5, 0.6) is 11.5 Å². The molecule has 0 amide bonds. The number of methoxy groups -OCH3 is 2. The highest BCUT2D eigenvalue weighted by Gasteiger charge is 2.40. The number of hydrogen-bond acceptors (Lipinski definition) is 9. The fourth-order valence-corrected chi connectivity index (χ4v) is 2.29. The first-order valence-electron chi connectivity index (χ1n) is 8.30. The number of carbonyl (C=O) groups excluding carboxylic acids is 3. The average molecular weight is 397 g/mol. The number of nitrogens with zero attached hydrogens (tertiary/aromatic N) is 1. The van der Waals surface area contributed by atoms with E-state index in [1.54, 1.807) is 20.8 Å². The van der Waals surface area contributed by atoms with Crippen molar-refractivity contribution in [2.75, 3.05) is 20.8 Å². The number of nitro groups is 1. The van der Waals surface area contributed by atoms with Gasteiger partial charge >= 0.3 is 17.6 Å². The number of ketones is 1. The minimum Gasteiger partial charge on any atom is -0.493 e. The van der Waals surface area contributed by atoms with Crippen LogP contribution in [0.25, 0.3) is 0 Å². The molecule has 0 radical (unpaired) electrons. The number of nitro benzene ring substituents is 1. The fourth-order valence-electron chi connectivity index (χ4n) is 2.29. The molecule has 0 aliphatic rings. The van der Waals surface area contributed by atoms with Gasteiger partial charge in [0, 0.05) is 11.6 Å². The minimum atomic E-state index is -1.93. The standard InChI is InChI=1S/C18H23NO9/c1-7-27-16(21)13(17(22)28-18(2,3)4)14(20)10-8-11(19(23)24)15(26-6)12(9-10)25-5/h8-9,13H,7H2,1-6H3. The summed E-state index contributed by atoms with van der Waals surface area (Å²) in [6.45, 7) is 6.14. The molecular weight excluding hydrogens is 374 g/mol. The predicted octanol–water partition coefficient (Wildman–Crippen LogP) is 2.32. The van der Waals surface area contributed by atoms with E-state index in [2.05, 4.69) is 0 Å². The van der Waals surface area contributed by atoms with E-state index in [-0.39, 0.29) is 23.7 Å². The Balaban J connectivity index is 3.50. The first kappa shape index (κ1) is 22.9. The normalized spacial score (nSPS) is 11.9. The van der Waals surface area contributed by atoms with Crippen LogP contribution in [-0.4, -0.2) is 49.1 Å². The van der Waals surface area contributed by atoms with Gasteiger partial charge in [0.2, 0.25) is 11.7 Å². The number of benzene rings is 1. The summed E-state index contributed by atoms with van der Waals surface area (Å²) in [6.07, 6.45) is 0. The molecule has 0 aromatic heterocycles. The molecule has 0 aliphatic carbocycles. The summed E-state index contributed by atoms with van der Waals surface area (Å²) in [4.78, 5) is 48.2. The highest BCUT2D eigenvalue weighted by Crippen LogP contribution is 2.38. The lowest BCUT2D eigenvalue weighted by molar-refractivity contribution is -0.385. The van der Waals surface area contributed by atoms with Crippen molar-refractivity contribution in [3.63, 3.8) is 0 Å². The van der Waals surface area contributed by atoms with Crippen LogP contribution in [0.3, 0.4) is 0 Å². The van der Waals surface area contributed by atoms with E-state index >= 15 is 0 Å². The number of esters is 2. The van der Waals surface area contributed by atoms with E-state index in [4.69, 9.17) is 18.9 Å². The van der Waals surface area contributed by atoms with Crippen LogP contribution in [0.4, 0.5) is 5.69 Å². The monoisotopic (exact) mass is 397 g/mol. The van der Waals surface area contributed by atoms with Gasteiger partial charge in [-0.05, 0) is 33.8 Å². The van der Waals surface area contributed by atoms with Crippen LogP contribution in [0, 0.1) is 16.0 Å². The van der Waals surface area contributed by atoms with Crippen molar-refractivity contribution in [1.29, 1.82) is 0 Å². The van der Waals surface area contributed by atoms with Gasteiger partial charge in [0.1, 0.15) is 5.60 Å².